The van der Waals surface area contributed by atoms with Crippen LogP contribution >= 0.6 is 0 Å². The van der Waals surface area contributed by atoms with E-state index in [4.69, 9.17) is 0 Å². The van der Waals surface area contributed by atoms with Gasteiger partial charge in [0.25, 0.3) is 0 Å². The van der Waals surface area contributed by atoms with E-state index < -0.39 is 11.9 Å². The zero-order chi connectivity index (χ0) is 8.69. The summed E-state index contributed by atoms with van der Waals surface area (Å²) in [6, 6.07) is 0. The van der Waals surface area contributed by atoms with Crippen molar-refractivity contribution in [3.63, 3.8) is 0 Å². The van der Waals surface area contributed by atoms with E-state index in [2.05, 4.69) is 0 Å². The Morgan fingerprint density at radius 1 is 0.846 bits per heavy atom. The van der Waals surface area contributed by atoms with Crippen molar-refractivity contribution < 1.29 is 25.3 Å². The Hall–Kier alpha value is 0.160. The van der Waals surface area contributed by atoms with E-state index in [-0.39, 0.29) is 56.1 Å². The Kier molecular flexibility index (Phi) is 17.6. The summed E-state index contributed by atoms with van der Waals surface area (Å²) >= 11 is 0. The van der Waals surface area contributed by atoms with Gasteiger partial charge < -0.3 is 25.3 Å². The molecule has 0 bridgehead atoms. The number of carboxylic acids is 2. The summed E-state index contributed by atoms with van der Waals surface area (Å²) in [6.07, 6.45) is 1.58. The first kappa shape index (κ1) is 18.9. The first-order valence-corrected chi connectivity index (χ1v) is 3.52. The van der Waals surface area contributed by atoms with Crippen molar-refractivity contribution in [3.8, 4) is 0 Å². The summed E-state index contributed by atoms with van der Waals surface area (Å²) in [5, 5.41) is 19.7. The average molecular weight is 216 g/mol. The second kappa shape index (κ2) is 12.2. The third kappa shape index (κ3) is 18.9. The second-order valence-corrected chi connectivity index (χ2v) is 2.30. The van der Waals surface area contributed by atoms with Crippen LogP contribution in [0.25, 0.3) is 0 Å². The maximum Gasteiger partial charge on any atom is 2.00 e. The molecule has 13 heavy (non-hydrogen) atoms. The van der Waals surface area contributed by atoms with Crippen molar-refractivity contribution in [1.29, 1.82) is 0 Å². The van der Waals surface area contributed by atoms with Gasteiger partial charge in [-0.15, -0.1) is 0 Å². The fourth-order valence-corrected chi connectivity index (χ4v) is 0.715. The third-order valence-corrected chi connectivity index (χ3v) is 1.26. The monoisotopic (exact) mass is 216 g/mol. The quantitative estimate of drug-likeness (QED) is 0.353. The van der Waals surface area contributed by atoms with Crippen LogP contribution < -0.4 is 10.2 Å². The molecule has 0 unspecified atom stereocenters. The molecule has 0 aliphatic heterocycles. The number of hydrogen-bond acceptors (Lipinski definition) is 4. The maximum atomic E-state index is 9.86. The van der Waals surface area contributed by atoms with Gasteiger partial charge in [-0.2, -0.15) is 0 Å². The van der Waals surface area contributed by atoms with Gasteiger partial charge in [0.1, 0.15) is 0 Å². The number of carbonyl (C=O) groups excluding carboxylic acids is 2. The summed E-state index contributed by atoms with van der Waals surface area (Å²) in [4.78, 5) is 19.7. The summed E-state index contributed by atoms with van der Waals surface area (Å²) < 4.78 is 0. The predicted octanol–water partition coefficient (Wildman–Crippen LogP) is -2.77. The van der Waals surface area contributed by atoms with Crippen LogP contribution in [-0.4, -0.2) is 55.2 Å². The molecule has 0 amide bonds. The van der Waals surface area contributed by atoms with Gasteiger partial charge in [-0.1, -0.05) is 6.42 Å². The van der Waals surface area contributed by atoms with Gasteiger partial charge >= 0.3 is 37.7 Å². The summed E-state index contributed by atoms with van der Waals surface area (Å²) in [5.74, 6) is -2.17. The zero-order valence-corrected chi connectivity index (χ0v) is 9.58. The molecule has 0 heterocycles. The van der Waals surface area contributed by atoms with Crippen LogP contribution in [0.3, 0.4) is 0 Å². The molecular formula is C7H12CaO5. The van der Waals surface area contributed by atoms with Gasteiger partial charge in [0.2, 0.25) is 0 Å². The first-order valence-electron chi connectivity index (χ1n) is 3.52. The van der Waals surface area contributed by atoms with E-state index in [0.717, 1.165) is 0 Å². The molecule has 0 aromatic rings. The Labute approximate surface area is 106 Å². The van der Waals surface area contributed by atoms with Gasteiger partial charge in [0.05, 0.1) is 0 Å². The second-order valence-electron chi connectivity index (χ2n) is 2.30. The fraction of sp³-hybridized carbons (Fsp3) is 0.714. The van der Waals surface area contributed by atoms with Crippen molar-refractivity contribution in [2.24, 2.45) is 0 Å². The molecular weight excluding hydrogens is 204 g/mol. The van der Waals surface area contributed by atoms with E-state index >= 15 is 0 Å². The van der Waals surface area contributed by atoms with Crippen LogP contribution in [0.15, 0.2) is 0 Å². The molecule has 0 radical (unpaired) electrons. The van der Waals surface area contributed by atoms with Crippen molar-refractivity contribution in [3.05, 3.63) is 0 Å². The van der Waals surface area contributed by atoms with Gasteiger partial charge in [-0.25, -0.2) is 0 Å². The number of carbonyl (C=O) groups is 2. The minimum atomic E-state index is -1.08. The molecule has 0 rings (SSSR count). The molecule has 5 nitrogen and oxygen atoms in total. The van der Waals surface area contributed by atoms with Crippen LogP contribution in [0.1, 0.15) is 32.1 Å². The van der Waals surface area contributed by atoms with E-state index in [0.29, 0.717) is 19.3 Å². The molecule has 0 aliphatic rings. The Bertz CT molecular complexity index is 132. The van der Waals surface area contributed by atoms with Gasteiger partial charge in [0.15, 0.2) is 0 Å². The predicted molar refractivity (Wildman–Crippen MR) is 42.5 cm³/mol. The number of hydrogen-bond donors (Lipinski definition) is 0. The molecule has 0 spiro atoms. The Balaban J connectivity index is -0.000000500. The average Bonchev–Trinajstić information content (AvgIpc) is 1.85. The number of carboxylic acid groups (broad SMARTS) is 2. The Morgan fingerprint density at radius 2 is 1.15 bits per heavy atom. The minimum Gasteiger partial charge on any atom is -0.550 e. The molecule has 0 aromatic heterocycles. The van der Waals surface area contributed by atoms with Crippen LogP contribution in [0.2, 0.25) is 0 Å². The largest absolute Gasteiger partial charge is 2.00 e. The van der Waals surface area contributed by atoms with E-state index in [1.54, 1.807) is 0 Å². The number of aliphatic carboxylic acids is 2. The van der Waals surface area contributed by atoms with Gasteiger partial charge in [-0.3, -0.25) is 0 Å². The minimum absolute atomic E-state index is 0. The molecule has 0 aromatic carbocycles. The van der Waals surface area contributed by atoms with E-state index in [1.165, 1.54) is 0 Å². The SMILES string of the molecule is O.O=C([O-])CCCCCC(=O)[O-].[Ca+2]. The van der Waals surface area contributed by atoms with Gasteiger partial charge in [0, 0.05) is 11.9 Å². The maximum absolute atomic E-state index is 9.86. The van der Waals surface area contributed by atoms with Crippen LogP contribution in [0, 0.1) is 0 Å². The van der Waals surface area contributed by atoms with E-state index in [1.807, 2.05) is 0 Å². The summed E-state index contributed by atoms with van der Waals surface area (Å²) in [7, 11) is 0. The standard InChI is InChI=1S/C7H12O4.Ca.H2O/c8-6(9)4-2-1-3-5-7(10)11;;/h1-5H2,(H,8,9)(H,10,11);;1H2/q;+2;/p-2. The molecule has 0 saturated carbocycles. The topological polar surface area (TPSA) is 112 Å². The number of unbranched alkanes of at least 4 members (excludes halogenated alkanes) is 2. The third-order valence-electron chi connectivity index (χ3n) is 1.26. The van der Waals surface area contributed by atoms with E-state index in [9.17, 15) is 19.8 Å². The normalized spacial score (nSPS) is 8.00. The summed E-state index contributed by atoms with van der Waals surface area (Å²) in [6.45, 7) is 0. The smallest absolute Gasteiger partial charge is 0.550 e. The van der Waals surface area contributed by atoms with Crippen molar-refractivity contribution in [2.45, 2.75) is 32.1 Å². The van der Waals surface area contributed by atoms with Crippen LogP contribution in [-0.2, 0) is 9.59 Å². The van der Waals surface area contributed by atoms with Crippen LogP contribution in [0.5, 0.6) is 0 Å². The molecule has 2 N–H and O–H groups in total. The molecule has 0 fully saturated rings. The van der Waals surface area contributed by atoms with Crippen molar-refractivity contribution in [1.82, 2.24) is 0 Å². The van der Waals surface area contributed by atoms with Crippen LogP contribution in [0.4, 0.5) is 0 Å². The van der Waals surface area contributed by atoms with Crippen molar-refractivity contribution in [2.75, 3.05) is 0 Å². The Morgan fingerprint density at radius 3 is 1.38 bits per heavy atom. The van der Waals surface area contributed by atoms with Crippen molar-refractivity contribution >= 4 is 49.7 Å². The summed E-state index contributed by atoms with van der Waals surface area (Å²) in [5.41, 5.74) is 0. The fourth-order valence-electron chi connectivity index (χ4n) is 0.715. The number of rotatable bonds is 6. The molecule has 72 valence electrons. The molecule has 0 saturated heterocycles. The first-order chi connectivity index (χ1) is 5.13. The van der Waals surface area contributed by atoms with Gasteiger partial charge in [-0.05, 0) is 25.7 Å². The molecule has 0 atom stereocenters. The molecule has 6 heteroatoms. The zero-order valence-electron chi connectivity index (χ0n) is 7.38. The molecule has 0 aliphatic carbocycles.